The number of ether oxygens (including phenoxy) is 1. The lowest BCUT2D eigenvalue weighted by Gasteiger charge is -2.10. The minimum Gasteiger partial charge on any atom is -0.456 e. The molecule has 0 aliphatic carbocycles. The molecule has 0 saturated carbocycles. The highest BCUT2D eigenvalue weighted by molar-refractivity contribution is 7.86. The van der Waals surface area contributed by atoms with Crippen LogP contribution in [0.25, 0.3) is 0 Å². The third-order valence-electron chi connectivity index (χ3n) is 2.46. The maximum Gasteiger partial charge on any atom is 0.298 e. The molecule has 0 unspecified atom stereocenters. The molecule has 112 valence electrons. The summed E-state index contributed by atoms with van der Waals surface area (Å²) in [4.78, 5) is -1.43. The minimum atomic E-state index is -4.74. The first-order chi connectivity index (χ1) is 9.68. The Bertz CT molecular complexity index is 856. The monoisotopic (exact) mass is 330 g/mol. The van der Waals surface area contributed by atoms with Gasteiger partial charge in [-0.3, -0.25) is 9.11 Å². The van der Waals surface area contributed by atoms with Gasteiger partial charge in [0.05, 0.1) is 4.90 Å². The lowest BCUT2D eigenvalue weighted by atomic mass is 10.3. The third kappa shape index (κ3) is 3.79. The van der Waals surface area contributed by atoms with Crippen molar-refractivity contribution in [1.29, 1.82) is 0 Å². The maximum absolute atomic E-state index is 11.3. The summed E-state index contributed by atoms with van der Waals surface area (Å²) < 4.78 is 68.0. The van der Waals surface area contributed by atoms with Crippen molar-refractivity contribution < 1.29 is 30.7 Å². The number of benzene rings is 2. The van der Waals surface area contributed by atoms with Crippen molar-refractivity contribution >= 4 is 20.2 Å². The molecule has 2 aromatic carbocycles. The Labute approximate surface area is 121 Å². The molecule has 0 radical (unpaired) electrons. The van der Waals surface area contributed by atoms with E-state index in [9.17, 15) is 16.8 Å². The van der Waals surface area contributed by atoms with E-state index in [4.69, 9.17) is 13.8 Å². The van der Waals surface area contributed by atoms with Gasteiger partial charge in [0.15, 0.2) is 0 Å². The van der Waals surface area contributed by atoms with Gasteiger partial charge >= 0.3 is 0 Å². The molecule has 2 N–H and O–H groups in total. The summed E-state index contributed by atoms with van der Waals surface area (Å²) >= 11 is 0. The highest BCUT2D eigenvalue weighted by Gasteiger charge is 2.21. The molecular weight excluding hydrogens is 320 g/mol. The van der Waals surface area contributed by atoms with E-state index >= 15 is 0 Å². The number of hydrogen-bond donors (Lipinski definition) is 2. The summed E-state index contributed by atoms with van der Waals surface area (Å²) in [5.74, 6) is 0.0260. The molecule has 0 amide bonds. The normalized spacial score (nSPS) is 12.1. The lowest BCUT2D eigenvalue weighted by molar-refractivity contribution is 0.448. The van der Waals surface area contributed by atoms with E-state index in [1.54, 1.807) is 30.3 Å². The molecule has 0 aliphatic heterocycles. The Morgan fingerprint density at radius 1 is 0.810 bits per heavy atom. The summed E-state index contributed by atoms with van der Waals surface area (Å²) in [7, 11) is -9.34. The quantitative estimate of drug-likeness (QED) is 0.823. The molecule has 21 heavy (non-hydrogen) atoms. The standard InChI is InChI=1S/C12H10O7S2/c13-20(14,15)10-6-7-11(12(8-10)21(16,17)18)19-9-4-2-1-3-5-9/h1-8H,(H,13,14,15)(H,16,17,18). The highest BCUT2D eigenvalue weighted by Crippen LogP contribution is 2.30. The van der Waals surface area contributed by atoms with Crippen molar-refractivity contribution in [1.82, 2.24) is 0 Å². The molecule has 9 heteroatoms. The zero-order valence-electron chi connectivity index (χ0n) is 10.4. The van der Waals surface area contributed by atoms with Gasteiger partial charge in [0, 0.05) is 0 Å². The van der Waals surface area contributed by atoms with Crippen molar-refractivity contribution in [3.05, 3.63) is 48.5 Å². The smallest absolute Gasteiger partial charge is 0.298 e. The van der Waals surface area contributed by atoms with Crippen LogP contribution < -0.4 is 4.74 Å². The highest BCUT2D eigenvalue weighted by atomic mass is 32.2. The van der Waals surface area contributed by atoms with E-state index in [0.29, 0.717) is 11.8 Å². The van der Waals surface area contributed by atoms with Crippen molar-refractivity contribution in [2.45, 2.75) is 9.79 Å². The summed E-state index contributed by atoms with van der Waals surface area (Å²) in [6.07, 6.45) is 0. The molecular formula is C12H10O7S2. The van der Waals surface area contributed by atoms with Gasteiger partial charge < -0.3 is 4.74 Å². The van der Waals surface area contributed by atoms with Gasteiger partial charge in [-0.25, -0.2) is 0 Å². The van der Waals surface area contributed by atoms with Crippen LogP contribution in [0.3, 0.4) is 0 Å². The van der Waals surface area contributed by atoms with Crippen LogP contribution in [-0.2, 0) is 20.2 Å². The van der Waals surface area contributed by atoms with Gasteiger partial charge in [-0.05, 0) is 30.3 Å². The second-order valence-electron chi connectivity index (χ2n) is 3.97. The number of para-hydroxylation sites is 1. The van der Waals surface area contributed by atoms with Gasteiger partial charge in [0.1, 0.15) is 16.4 Å². The molecule has 2 aromatic rings. The Hall–Kier alpha value is -1.94. The Balaban J connectivity index is 2.57. The first-order valence-electron chi connectivity index (χ1n) is 5.50. The van der Waals surface area contributed by atoms with Crippen LogP contribution in [0.5, 0.6) is 11.5 Å². The van der Waals surface area contributed by atoms with Gasteiger partial charge in [-0.1, -0.05) is 18.2 Å². The van der Waals surface area contributed by atoms with Crippen LogP contribution in [0.1, 0.15) is 0 Å². The maximum atomic E-state index is 11.3. The molecule has 2 rings (SSSR count). The SMILES string of the molecule is O=S(=O)(O)c1ccc(Oc2ccccc2)c(S(=O)(=O)O)c1. The van der Waals surface area contributed by atoms with E-state index < -0.39 is 30.0 Å². The topological polar surface area (TPSA) is 118 Å². The summed E-state index contributed by atoms with van der Waals surface area (Å²) in [6, 6.07) is 10.7. The average molecular weight is 330 g/mol. The van der Waals surface area contributed by atoms with Crippen molar-refractivity contribution in [3.63, 3.8) is 0 Å². The van der Waals surface area contributed by atoms with Crippen LogP contribution >= 0.6 is 0 Å². The van der Waals surface area contributed by atoms with Gasteiger partial charge in [-0.2, -0.15) is 16.8 Å². The third-order valence-corrected chi connectivity index (χ3v) is 4.19. The molecule has 7 nitrogen and oxygen atoms in total. The van der Waals surface area contributed by atoms with E-state index in [-0.39, 0.29) is 5.75 Å². The van der Waals surface area contributed by atoms with Gasteiger partial charge in [0.2, 0.25) is 0 Å². The first kappa shape index (κ1) is 15.4. The van der Waals surface area contributed by atoms with Gasteiger partial charge in [-0.15, -0.1) is 0 Å². The fourth-order valence-corrected chi connectivity index (χ4v) is 2.77. The second-order valence-corrected chi connectivity index (χ2v) is 6.79. The summed E-state index contributed by atoms with van der Waals surface area (Å²) in [5, 5.41) is 0. The number of rotatable bonds is 4. The molecule has 0 bridgehead atoms. The van der Waals surface area contributed by atoms with Crippen LogP contribution in [0, 0.1) is 0 Å². The van der Waals surface area contributed by atoms with Crippen LogP contribution in [0.15, 0.2) is 58.3 Å². The lowest BCUT2D eigenvalue weighted by Crippen LogP contribution is -2.05. The number of hydrogen-bond acceptors (Lipinski definition) is 5. The predicted molar refractivity (Wildman–Crippen MR) is 72.6 cm³/mol. The van der Waals surface area contributed by atoms with Crippen LogP contribution in [-0.4, -0.2) is 25.9 Å². The van der Waals surface area contributed by atoms with E-state index in [0.717, 1.165) is 12.1 Å². The summed E-state index contributed by atoms with van der Waals surface area (Å²) in [5.41, 5.74) is 0. The van der Waals surface area contributed by atoms with Crippen LogP contribution in [0.4, 0.5) is 0 Å². The zero-order valence-corrected chi connectivity index (χ0v) is 12.0. The van der Waals surface area contributed by atoms with Crippen molar-refractivity contribution in [2.75, 3.05) is 0 Å². The molecule has 0 atom stereocenters. The Morgan fingerprint density at radius 2 is 1.43 bits per heavy atom. The molecule has 0 fully saturated rings. The first-order valence-corrected chi connectivity index (χ1v) is 8.38. The van der Waals surface area contributed by atoms with Crippen molar-refractivity contribution in [2.24, 2.45) is 0 Å². The Morgan fingerprint density at radius 3 is 1.95 bits per heavy atom. The van der Waals surface area contributed by atoms with Gasteiger partial charge in [0.25, 0.3) is 20.2 Å². The molecule has 0 aromatic heterocycles. The molecule has 0 saturated heterocycles. The fourth-order valence-electron chi connectivity index (χ4n) is 1.55. The molecule has 0 aliphatic rings. The van der Waals surface area contributed by atoms with Crippen LogP contribution in [0.2, 0.25) is 0 Å². The van der Waals surface area contributed by atoms with E-state index in [1.165, 1.54) is 0 Å². The van der Waals surface area contributed by atoms with Crippen molar-refractivity contribution in [3.8, 4) is 11.5 Å². The molecule has 0 spiro atoms. The Kier molecular flexibility index (Phi) is 4.01. The molecule has 0 heterocycles. The predicted octanol–water partition coefficient (Wildman–Crippen LogP) is 1.97. The zero-order chi connectivity index (χ0) is 15.7. The van der Waals surface area contributed by atoms with E-state index in [2.05, 4.69) is 0 Å². The largest absolute Gasteiger partial charge is 0.456 e. The fraction of sp³-hybridized carbons (Fsp3) is 0. The van der Waals surface area contributed by atoms with E-state index in [1.807, 2.05) is 0 Å². The second kappa shape index (κ2) is 5.45. The minimum absolute atomic E-state index is 0.267. The summed E-state index contributed by atoms with van der Waals surface area (Å²) in [6.45, 7) is 0. The average Bonchev–Trinajstić information content (AvgIpc) is 2.38.